The van der Waals surface area contributed by atoms with Crippen LogP contribution in [0.3, 0.4) is 0 Å². The molecule has 1 aromatic carbocycles. The van der Waals surface area contributed by atoms with E-state index in [4.69, 9.17) is 4.74 Å². The van der Waals surface area contributed by atoms with Crippen molar-refractivity contribution in [2.45, 2.75) is 26.1 Å². The lowest BCUT2D eigenvalue weighted by Gasteiger charge is -2.13. The third kappa shape index (κ3) is 4.15. The molecule has 1 atom stereocenters. The summed E-state index contributed by atoms with van der Waals surface area (Å²) in [5.74, 6) is -1.07. The van der Waals surface area contributed by atoms with Crippen molar-refractivity contribution in [2.75, 3.05) is 0 Å². The lowest BCUT2D eigenvalue weighted by atomic mass is 10.2. The zero-order chi connectivity index (χ0) is 18.5. The Morgan fingerprint density at radius 3 is 2.85 bits per heavy atom. The van der Waals surface area contributed by atoms with Crippen LogP contribution in [0.1, 0.15) is 11.8 Å². The van der Waals surface area contributed by atoms with Gasteiger partial charge < -0.3 is 10.1 Å². The number of thiophene rings is 1. The van der Waals surface area contributed by atoms with Gasteiger partial charge in [-0.3, -0.25) is 19.0 Å². The van der Waals surface area contributed by atoms with E-state index in [1.54, 1.807) is 24.3 Å². The zero-order valence-corrected chi connectivity index (χ0v) is 14.9. The lowest BCUT2D eigenvalue weighted by molar-refractivity contribution is -0.155. The molecule has 7 nitrogen and oxygen atoms in total. The van der Waals surface area contributed by atoms with Gasteiger partial charge in [0, 0.05) is 4.88 Å². The van der Waals surface area contributed by atoms with Crippen LogP contribution in [0.4, 0.5) is 0 Å². The normalized spacial score (nSPS) is 11.9. The second-order valence-electron chi connectivity index (χ2n) is 5.62. The van der Waals surface area contributed by atoms with Gasteiger partial charge in [-0.2, -0.15) is 0 Å². The van der Waals surface area contributed by atoms with Gasteiger partial charge in [0.2, 0.25) is 0 Å². The van der Waals surface area contributed by atoms with Crippen molar-refractivity contribution in [1.82, 2.24) is 14.9 Å². The van der Waals surface area contributed by atoms with Crippen molar-refractivity contribution < 1.29 is 14.3 Å². The first-order valence-electron chi connectivity index (χ1n) is 7.98. The Hall–Kier alpha value is -3.00. The van der Waals surface area contributed by atoms with Gasteiger partial charge >= 0.3 is 5.97 Å². The number of rotatable bonds is 6. The molecule has 0 aliphatic rings. The largest absolute Gasteiger partial charge is 0.451 e. The summed E-state index contributed by atoms with van der Waals surface area (Å²) in [7, 11) is 0. The summed E-state index contributed by atoms with van der Waals surface area (Å²) in [6.45, 7) is 1.56. The highest BCUT2D eigenvalue weighted by Crippen LogP contribution is 2.08. The Morgan fingerprint density at radius 1 is 1.27 bits per heavy atom. The van der Waals surface area contributed by atoms with E-state index in [1.165, 1.54) is 29.2 Å². The highest BCUT2D eigenvalue weighted by Gasteiger charge is 2.18. The Labute approximate surface area is 153 Å². The number of nitrogens with one attached hydrogen (secondary N) is 1. The fourth-order valence-corrected chi connectivity index (χ4v) is 3.02. The van der Waals surface area contributed by atoms with Crippen LogP contribution in [0.5, 0.6) is 0 Å². The summed E-state index contributed by atoms with van der Waals surface area (Å²) in [5.41, 5.74) is 0.228. The highest BCUT2D eigenvalue weighted by atomic mass is 32.1. The molecule has 0 saturated heterocycles. The number of nitrogens with zero attached hydrogens (tertiary/aromatic N) is 2. The molecular formula is C18H17N3O4S. The molecule has 134 valence electrons. The molecule has 0 radical (unpaired) electrons. The van der Waals surface area contributed by atoms with Crippen LogP contribution in [-0.4, -0.2) is 27.5 Å². The molecule has 3 aromatic rings. The molecule has 1 amide bonds. The van der Waals surface area contributed by atoms with E-state index in [9.17, 15) is 14.4 Å². The second kappa shape index (κ2) is 7.92. The van der Waals surface area contributed by atoms with Crippen LogP contribution in [0.2, 0.25) is 0 Å². The van der Waals surface area contributed by atoms with Gasteiger partial charge in [0.25, 0.3) is 11.5 Å². The van der Waals surface area contributed by atoms with Crippen molar-refractivity contribution in [3.8, 4) is 0 Å². The van der Waals surface area contributed by atoms with Crippen molar-refractivity contribution >= 4 is 34.1 Å². The van der Waals surface area contributed by atoms with E-state index in [0.717, 1.165) is 4.88 Å². The van der Waals surface area contributed by atoms with Crippen LogP contribution in [-0.2, 0) is 27.4 Å². The minimum atomic E-state index is -0.952. The Balaban J connectivity index is 1.59. The summed E-state index contributed by atoms with van der Waals surface area (Å²) in [4.78, 5) is 41.6. The summed E-state index contributed by atoms with van der Waals surface area (Å²) in [5, 5.41) is 5.04. The monoisotopic (exact) mass is 371 g/mol. The van der Waals surface area contributed by atoms with E-state index in [-0.39, 0.29) is 12.1 Å². The fourth-order valence-electron chi connectivity index (χ4n) is 2.38. The standard InChI is InChI=1S/C18H17N3O4S/c1-12(17(23)19-9-13-5-4-8-26-13)25-16(22)10-21-11-20-15-7-3-2-6-14(15)18(21)24/h2-8,11-12H,9-10H2,1H3,(H,19,23)/t12-/m0/s1. The molecule has 26 heavy (non-hydrogen) atoms. The number of hydrogen-bond acceptors (Lipinski definition) is 6. The van der Waals surface area contributed by atoms with Gasteiger partial charge in [0.15, 0.2) is 6.10 Å². The van der Waals surface area contributed by atoms with Crippen molar-refractivity contribution in [3.63, 3.8) is 0 Å². The third-order valence-corrected chi connectivity index (χ3v) is 4.60. The van der Waals surface area contributed by atoms with Crippen LogP contribution in [0.15, 0.2) is 52.9 Å². The molecule has 0 spiro atoms. The molecular weight excluding hydrogens is 354 g/mol. The third-order valence-electron chi connectivity index (χ3n) is 3.73. The van der Waals surface area contributed by atoms with Crippen molar-refractivity contribution in [3.05, 3.63) is 63.3 Å². The highest BCUT2D eigenvalue weighted by molar-refractivity contribution is 7.09. The number of ether oxygens (including phenoxy) is 1. The molecule has 0 bridgehead atoms. The van der Waals surface area contributed by atoms with Crippen molar-refractivity contribution in [1.29, 1.82) is 0 Å². The zero-order valence-electron chi connectivity index (χ0n) is 14.0. The quantitative estimate of drug-likeness (QED) is 0.666. The maximum atomic E-state index is 12.4. The number of carbonyl (C=O) groups excluding carboxylic acids is 2. The Bertz CT molecular complexity index is 982. The number of amides is 1. The molecule has 0 aliphatic carbocycles. The number of carbonyl (C=O) groups is 2. The van der Waals surface area contributed by atoms with E-state index in [0.29, 0.717) is 17.4 Å². The Kier molecular flexibility index (Phi) is 5.43. The van der Waals surface area contributed by atoms with Crippen LogP contribution in [0.25, 0.3) is 10.9 Å². The minimum Gasteiger partial charge on any atom is -0.451 e. The number of para-hydroxylation sites is 1. The predicted octanol–water partition coefficient (Wildman–Crippen LogP) is 1.71. The molecule has 2 heterocycles. The first kappa shape index (κ1) is 17.8. The lowest BCUT2D eigenvalue weighted by Crippen LogP contribution is -2.36. The number of hydrogen-bond donors (Lipinski definition) is 1. The van der Waals surface area contributed by atoms with Gasteiger partial charge in [-0.25, -0.2) is 4.98 Å². The van der Waals surface area contributed by atoms with Gasteiger partial charge in [0.1, 0.15) is 6.54 Å². The molecule has 3 rings (SSSR count). The van der Waals surface area contributed by atoms with Crippen LogP contribution < -0.4 is 10.9 Å². The van der Waals surface area contributed by atoms with E-state index < -0.39 is 18.0 Å². The van der Waals surface area contributed by atoms with Crippen molar-refractivity contribution in [2.24, 2.45) is 0 Å². The number of esters is 1. The number of aromatic nitrogens is 2. The van der Waals surface area contributed by atoms with E-state index >= 15 is 0 Å². The molecule has 8 heteroatoms. The van der Waals surface area contributed by atoms with Gasteiger partial charge in [0.05, 0.1) is 23.8 Å². The number of fused-ring (bicyclic) bond motifs is 1. The average molecular weight is 371 g/mol. The number of benzene rings is 1. The van der Waals surface area contributed by atoms with Crippen LogP contribution >= 0.6 is 11.3 Å². The van der Waals surface area contributed by atoms with E-state index in [2.05, 4.69) is 10.3 Å². The molecule has 0 fully saturated rings. The second-order valence-corrected chi connectivity index (χ2v) is 6.66. The summed E-state index contributed by atoms with van der Waals surface area (Å²) in [6.07, 6.45) is 0.347. The summed E-state index contributed by atoms with van der Waals surface area (Å²) in [6, 6.07) is 10.7. The first-order chi connectivity index (χ1) is 12.5. The maximum Gasteiger partial charge on any atom is 0.326 e. The van der Waals surface area contributed by atoms with Gasteiger partial charge in [-0.15, -0.1) is 11.3 Å². The topological polar surface area (TPSA) is 90.3 Å². The van der Waals surface area contributed by atoms with Gasteiger partial charge in [-0.05, 0) is 30.5 Å². The predicted molar refractivity (Wildman–Crippen MR) is 97.7 cm³/mol. The smallest absolute Gasteiger partial charge is 0.326 e. The molecule has 0 saturated carbocycles. The summed E-state index contributed by atoms with van der Waals surface area (Å²) >= 11 is 1.53. The molecule has 0 aliphatic heterocycles. The van der Waals surface area contributed by atoms with E-state index in [1.807, 2.05) is 17.5 Å². The maximum absolute atomic E-state index is 12.4. The molecule has 1 N–H and O–H groups in total. The first-order valence-corrected chi connectivity index (χ1v) is 8.86. The average Bonchev–Trinajstić information content (AvgIpc) is 3.15. The molecule has 2 aromatic heterocycles. The Morgan fingerprint density at radius 2 is 2.08 bits per heavy atom. The summed E-state index contributed by atoms with van der Waals surface area (Å²) < 4.78 is 6.29. The SMILES string of the molecule is C[C@H](OC(=O)Cn1cnc2ccccc2c1=O)C(=O)NCc1cccs1. The van der Waals surface area contributed by atoms with Crippen LogP contribution in [0, 0.1) is 0 Å². The van der Waals surface area contributed by atoms with Gasteiger partial charge in [-0.1, -0.05) is 18.2 Å². The minimum absolute atomic E-state index is 0.306. The molecule has 0 unspecified atom stereocenters. The fraction of sp³-hybridized carbons (Fsp3) is 0.222.